The number of piperazine rings is 1. The van der Waals surface area contributed by atoms with Crippen molar-refractivity contribution in [2.45, 2.75) is 19.9 Å². The summed E-state index contributed by atoms with van der Waals surface area (Å²) >= 11 is 1.67. The van der Waals surface area contributed by atoms with E-state index in [4.69, 9.17) is 0 Å². The molecule has 1 aliphatic heterocycles. The minimum Gasteiger partial charge on any atom is -0.353 e. The van der Waals surface area contributed by atoms with E-state index in [9.17, 15) is 4.79 Å². The Kier molecular flexibility index (Phi) is 4.54. The molecule has 0 atom stereocenters. The summed E-state index contributed by atoms with van der Waals surface area (Å²) in [6.45, 7) is 8.21. The number of nitrogens with one attached hydrogen (secondary N) is 1. The number of amides is 1. The summed E-state index contributed by atoms with van der Waals surface area (Å²) in [5.41, 5.74) is 0. The van der Waals surface area contributed by atoms with Gasteiger partial charge in [-0.25, -0.2) is 4.98 Å². The Morgan fingerprint density at radius 3 is 2.72 bits per heavy atom. The molecule has 18 heavy (non-hydrogen) atoms. The van der Waals surface area contributed by atoms with Gasteiger partial charge < -0.3 is 10.2 Å². The van der Waals surface area contributed by atoms with Crippen LogP contribution in [0.25, 0.3) is 0 Å². The van der Waals surface area contributed by atoms with Crippen LogP contribution in [0.15, 0.2) is 11.6 Å². The third-order valence-corrected chi connectivity index (χ3v) is 3.71. The van der Waals surface area contributed by atoms with Gasteiger partial charge in [-0.3, -0.25) is 9.69 Å². The molecule has 1 amide bonds. The average Bonchev–Trinajstić information content (AvgIpc) is 2.82. The molecule has 100 valence electrons. The molecule has 6 heteroatoms. The number of rotatable bonds is 4. The van der Waals surface area contributed by atoms with Gasteiger partial charge in [-0.15, -0.1) is 11.3 Å². The smallest absolute Gasteiger partial charge is 0.234 e. The molecular weight excluding hydrogens is 248 g/mol. The van der Waals surface area contributed by atoms with Crippen LogP contribution in [0.3, 0.4) is 0 Å². The van der Waals surface area contributed by atoms with Crippen molar-refractivity contribution in [3.8, 4) is 0 Å². The molecule has 1 N–H and O–H groups in total. The summed E-state index contributed by atoms with van der Waals surface area (Å²) in [5.74, 6) is 0.118. The fourth-order valence-electron chi connectivity index (χ4n) is 2.04. The summed E-state index contributed by atoms with van der Waals surface area (Å²) in [6, 6.07) is 0.217. The van der Waals surface area contributed by atoms with E-state index >= 15 is 0 Å². The Morgan fingerprint density at radius 1 is 1.44 bits per heavy atom. The molecule has 1 aliphatic rings. The Balaban J connectivity index is 1.75. The monoisotopic (exact) mass is 268 g/mol. The Bertz CT molecular complexity index is 371. The van der Waals surface area contributed by atoms with Crippen LogP contribution in [0.2, 0.25) is 0 Å². The minimum atomic E-state index is 0.118. The number of anilines is 1. The van der Waals surface area contributed by atoms with Crippen molar-refractivity contribution in [2.24, 2.45) is 0 Å². The van der Waals surface area contributed by atoms with Crippen LogP contribution in [0.1, 0.15) is 13.8 Å². The largest absolute Gasteiger partial charge is 0.353 e. The van der Waals surface area contributed by atoms with Gasteiger partial charge in [0.1, 0.15) is 0 Å². The summed E-state index contributed by atoms with van der Waals surface area (Å²) in [6.07, 6.45) is 1.84. The van der Waals surface area contributed by atoms with E-state index < -0.39 is 0 Å². The topological polar surface area (TPSA) is 48.5 Å². The molecule has 1 aromatic heterocycles. The quantitative estimate of drug-likeness (QED) is 0.877. The zero-order chi connectivity index (χ0) is 13.0. The maximum absolute atomic E-state index is 11.7. The van der Waals surface area contributed by atoms with Crippen LogP contribution >= 0.6 is 11.3 Å². The van der Waals surface area contributed by atoms with Gasteiger partial charge in [0.05, 0.1) is 6.54 Å². The van der Waals surface area contributed by atoms with Crippen molar-refractivity contribution in [1.29, 1.82) is 0 Å². The van der Waals surface area contributed by atoms with Crippen molar-refractivity contribution in [3.63, 3.8) is 0 Å². The molecule has 5 nitrogen and oxygen atoms in total. The lowest BCUT2D eigenvalue weighted by Gasteiger charge is -2.34. The first kappa shape index (κ1) is 13.3. The summed E-state index contributed by atoms with van der Waals surface area (Å²) in [5, 5.41) is 6.01. The van der Waals surface area contributed by atoms with Crippen LogP contribution in [0.4, 0.5) is 5.13 Å². The van der Waals surface area contributed by atoms with Gasteiger partial charge in [0.25, 0.3) is 0 Å². The molecule has 1 saturated heterocycles. The fourth-order valence-corrected chi connectivity index (χ4v) is 2.74. The number of carbonyl (C=O) groups excluding carboxylic acids is 1. The Morgan fingerprint density at radius 2 is 2.17 bits per heavy atom. The molecule has 0 spiro atoms. The molecule has 0 bridgehead atoms. The summed E-state index contributed by atoms with van der Waals surface area (Å²) in [4.78, 5) is 20.4. The molecule has 0 unspecified atom stereocenters. The average molecular weight is 268 g/mol. The number of hydrogen-bond acceptors (Lipinski definition) is 5. The first-order chi connectivity index (χ1) is 8.65. The van der Waals surface area contributed by atoms with Crippen LogP contribution in [0, 0.1) is 0 Å². The number of hydrogen-bond donors (Lipinski definition) is 1. The predicted molar refractivity (Wildman–Crippen MR) is 74.0 cm³/mol. The maximum atomic E-state index is 11.7. The lowest BCUT2D eigenvalue weighted by Crippen LogP contribution is -2.50. The van der Waals surface area contributed by atoms with Crippen molar-refractivity contribution < 1.29 is 4.79 Å². The highest BCUT2D eigenvalue weighted by Crippen LogP contribution is 2.18. The van der Waals surface area contributed by atoms with Gasteiger partial charge >= 0.3 is 0 Å². The van der Waals surface area contributed by atoms with Crippen LogP contribution in [0.5, 0.6) is 0 Å². The number of carbonyl (C=O) groups is 1. The van der Waals surface area contributed by atoms with Crippen molar-refractivity contribution in [1.82, 2.24) is 15.2 Å². The first-order valence-electron chi connectivity index (χ1n) is 6.31. The van der Waals surface area contributed by atoms with Crippen molar-refractivity contribution in [2.75, 3.05) is 37.6 Å². The first-order valence-corrected chi connectivity index (χ1v) is 7.19. The van der Waals surface area contributed by atoms with Crippen molar-refractivity contribution >= 4 is 22.4 Å². The maximum Gasteiger partial charge on any atom is 0.234 e. The van der Waals surface area contributed by atoms with Gasteiger partial charge in [-0.05, 0) is 13.8 Å². The fraction of sp³-hybridized carbons (Fsp3) is 0.667. The lowest BCUT2D eigenvalue weighted by atomic mass is 10.3. The highest BCUT2D eigenvalue weighted by Gasteiger charge is 2.20. The van der Waals surface area contributed by atoms with Gasteiger partial charge in [0.15, 0.2) is 5.13 Å². The molecule has 0 radical (unpaired) electrons. The Hall–Kier alpha value is -1.14. The van der Waals surface area contributed by atoms with E-state index in [2.05, 4.69) is 20.1 Å². The molecule has 2 heterocycles. The molecule has 0 aromatic carbocycles. The van der Waals surface area contributed by atoms with Gasteiger partial charge in [-0.2, -0.15) is 0 Å². The van der Waals surface area contributed by atoms with E-state index in [0.717, 1.165) is 31.3 Å². The van der Waals surface area contributed by atoms with Gasteiger partial charge in [0, 0.05) is 43.8 Å². The zero-order valence-electron chi connectivity index (χ0n) is 10.9. The summed E-state index contributed by atoms with van der Waals surface area (Å²) < 4.78 is 0. The lowest BCUT2D eigenvalue weighted by molar-refractivity contribution is -0.122. The molecule has 2 rings (SSSR count). The molecule has 1 fully saturated rings. The Labute approximate surface area is 112 Å². The van der Waals surface area contributed by atoms with Gasteiger partial charge in [0.2, 0.25) is 5.91 Å². The van der Waals surface area contributed by atoms with Crippen LogP contribution < -0.4 is 10.2 Å². The summed E-state index contributed by atoms with van der Waals surface area (Å²) in [7, 11) is 0. The SMILES string of the molecule is CC(C)NC(=O)CN1CCN(c2nccs2)CC1. The number of aromatic nitrogens is 1. The second-order valence-corrected chi connectivity index (χ2v) is 5.67. The highest BCUT2D eigenvalue weighted by molar-refractivity contribution is 7.13. The third-order valence-electron chi connectivity index (χ3n) is 2.88. The predicted octanol–water partition coefficient (Wildman–Crippen LogP) is 0.790. The molecule has 0 aliphatic carbocycles. The minimum absolute atomic E-state index is 0.118. The number of thiazole rings is 1. The van der Waals surface area contributed by atoms with Crippen LogP contribution in [-0.4, -0.2) is 54.6 Å². The van der Waals surface area contributed by atoms with E-state index in [1.807, 2.05) is 25.4 Å². The standard InChI is InChI=1S/C12H20N4OS/c1-10(2)14-11(17)9-15-4-6-16(7-5-15)12-13-3-8-18-12/h3,8,10H,4-7,9H2,1-2H3,(H,14,17). The highest BCUT2D eigenvalue weighted by atomic mass is 32.1. The second kappa shape index (κ2) is 6.15. The van der Waals surface area contributed by atoms with E-state index in [0.29, 0.717) is 6.54 Å². The van der Waals surface area contributed by atoms with E-state index in [1.54, 1.807) is 11.3 Å². The van der Waals surface area contributed by atoms with E-state index in [1.165, 1.54) is 0 Å². The van der Waals surface area contributed by atoms with Crippen molar-refractivity contribution in [3.05, 3.63) is 11.6 Å². The van der Waals surface area contributed by atoms with Gasteiger partial charge in [-0.1, -0.05) is 0 Å². The normalized spacial score (nSPS) is 17.2. The number of nitrogens with zero attached hydrogens (tertiary/aromatic N) is 3. The second-order valence-electron chi connectivity index (χ2n) is 4.80. The third kappa shape index (κ3) is 3.68. The molecule has 1 aromatic rings. The van der Waals surface area contributed by atoms with Crippen LogP contribution in [-0.2, 0) is 4.79 Å². The molecular formula is C12H20N4OS. The molecule has 0 saturated carbocycles. The van der Waals surface area contributed by atoms with E-state index in [-0.39, 0.29) is 11.9 Å². The zero-order valence-corrected chi connectivity index (χ0v) is 11.7.